The number of nitrogens with zero attached hydrogens (tertiary/aromatic N) is 1. The minimum atomic E-state index is -0.420. The standard InChI is InChI=1S/C13H20N2O3/c1-3-13(4-2,9-10-14)18-12-7-5-11(6-8-12)15(16)17/h5-8H,3-4,9-10,14H2,1-2H3. The van der Waals surface area contributed by atoms with Crippen LogP contribution in [-0.4, -0.2) is 17.1 Å². The fraction of sp³-hybridized carbons (Fsp3) is 0.538. The van der Waals surface area contributed by atoms with Gasteiger partial charge in [0.2, 0.25) is 0 Å². The Hall–Kier alpha value is -1.62. The summed E-state index contributed by atoms with van der Waals surface area (Å²) in [5.41, 5.74) is 5.41. The lowest BCUT2D eigenvalue weighted by atomic mass is 9.93. The molecule has 1 rings (SSSR count). The molecule has 0 fully saturated rings. The van der Waals surface area contributed by atoms with Crippen LogP contribution in [0.3, 0.4) is 0 Å². The Morgan fingerprint density at radius 2 is 1.83 bits per heavy atom. The van der Waals surface area contributed by atoms with Crippen molar-refractivity contribution in [2.75, 3.05) is 6.54 Å². The van der Waals surface area contributed by atoms with E-state index in [1.165, 1.54) is 12.1 Å². The van der Waals surface area contributed by atoms with E-state index in [0.29, 0.717) is 12.3 Å². The molecule has 0 heterocycles. The SMILES string of the molecule is CCC(CC)(CCN)Oc1ccc([N+](=O)[O-])cc1. The molecule has 0 spiro atoms. The molecular weight excluding hydrogens is 232 g/mol. The van der Waals surface area contributed by atoms with Gasteiger partial charge < -0.3 is 10.5 Å². The number of nitro benzene ring substituents is 1. The third-order valence-electron chi connectivity index (χ3n) is 3.27. The maximum absolute atomic E-state index is 10.6. The zero-order chi connectivity index (χ0) is 13.6. The summed E-state index contributed by atoms with van der Waals surface area (Å²) >= 11 is 0. The second-order valence-corrected chi connectivity index (χ2v) is 4.28. The molecule has 0 amide bonds. The van der Waals surface area contributed by atoms with Crippen molar-refractivity contribution in [3.63, 3.8) is 0 Å². The maximum Gasteiger partial charge on any atom is 0.269 e. The summed E-state index contributed by atoms with van der Waals surface area (Å²) in [4.78, 5) is 10.1. The van der Waals surface area contributed by atoms with Crippen molar-refractivity contribution in [1.29, 1.82) is 0 Å². The van der Waals surface area contributed by atoms with Crippen molar-refractivity contribution in [3.8, 4) is 5.75 Å². The van der Waals surface area contributed by atoms with Gasteiger partial charge in [0.25, 0.3) is 5.69 Å². The average molecular weight is 252 g/mol. The number of nitrogens with two attached hydrogens (primary N) is 1. The molecule has 0 aliphatic carbocycles. The van der Waals surface area contributed by atoms with Gasteiger partial charge in [0.05, 0.1) is 4.92 Å². The summed E-state index contributed by atoms with van der Waals surface area (Å²) in [7, 11) is 0. The Kier molecular flexibility index (Phi) is 5.09. The molecule has 100 valence electrons. The first-order chi connectivity index (χ1) is 8.56. The van der Waals surface area contributed by atoms with Gasteiger partial charge in [0, 0.05) is 12.1 Å². The highest BCUT2D eigenvalue weighted by molar-refractivity contribution is 5.36. The molecule has 0 saturated carbocycles. The van der Waals surface area contributed by atoms with Crippen molar-refractivity contribution in [1.82, 2.24) is 0 Å². The van der Waals surface area contributed by atoms with Gasteiger partial charge in [-0.3, -0.25) is 10.1 Å². The third-order valence-corrected chi connectivity index (χ3v) is 3.27. The lowest BCUT2D eigenvalue weighted by molar-refractivity contribution is -0.384. The highest BCUT2D eigenvalue weighted by Gasteiger charge is 2.27. The number of ether oxygens (including phenoxy) is 1. The number of benzene rings is 1. The number of rotatable bonds is 7. The molecule has 1 aromatic rings. The molecular formula is C13H20N2O3. The first-order valence-electron chi connectivity index (χ1n) is 6.20. The van der Waals surface area contributed by atoms with Crippen LogP contribution < -0.4 is 10.5 Å². The molecule has 18 heavy (non-hydrogen) atoms. The Labute approximate surface area is 107 Å². The van der Waals surface area contributed by atoms with Crippen LogP contribution in [0.2, 0.25) is 0 Å². The van der Waals surface area contributed by atoms with E-state index in [1.54, 1.807) is 12.1 Å². The zero-order valence-corrected chi connectivity index (χ0v) is 10.9. The number of hydrogen-bond donors (Lipinski definition) is 1. The van der Waals surface area contributed by atoms with Crippen molar-refractivity contribution in [2.24, 2.45) is 5.73 Å². The summed E-state index contributed by atoms with van der Waals surface area (Å²) < 4.78 is 5.97. The predicted molar refractivity (Wildman–Crippen MR) is 70.7 cm³/mol. The second kappa shape index (κ2) is 6.35. The quantitative estimate of drug-likeness (QED) is 0.597. The van der Waals surface area contributed by atoms with Gasteiger partial charge in [-0.2, -0.15) is 0 Å². The number of hydrogen-bond acceptors (Lipinski definition) is 4. The molecule has 2 N–H and O–H groups in total. The number of nitro groups is 1. The van der Waals surface area contributed by atoms with Crippen LogP contribution in [0.25, 0.3) is 0 Å². The van der Waals surface area contributed by atoms with E-state index in [1.807, 2.05) is 0 Å². The van der Waals surface area contributed by atoms with Crippen LogP contribution in [0.1, 0.15) is 33.1 Å². The van der Waals surface area contributed by atoms with E-state index >= 15 is 0 Å². The molecule has 0 aliphatic heterocycles. The largest absolute Gasteiger partial charge is 0.487 e. The summed E-state index contributed by atoms with van der Waals surface area (Å²) in [6, 6.07) is 6.17. The van der Waals surface area contributed by atoms with Crippen LogP contribution in [0, 0.1) is 10.1 Å². The molecule has 1 aromatic carbocycles. The van der Waals surface area contributed by atoms with Crippen LogP contribution in [-0.2, 0) is 0 Å². The average Bonchev–Trinajstić information content (AvgIpc) is 2.38. The molecule has 0 aromatic heterocycles. The molecule has 5 heteroatoms. The first-order valence-corrected chi connectivity index (χ1v) is 6.20. The Bertz CT molecular complexity index is 386. The normalized spacial score (nSPS) is 11.3. The van der Waals surface area contributed by atoms with E-state index in [4.69, 9.17) is 10.5 Å². The van der Waals surface area contributed by atoms with Crippen LogP contribution in [0.4, 0.5) is 5.69 Å². The van der Waals surface area contributed by atoms with Gasteiger partial charge in [-0.05, 0) is 37.9 Å². The molecule has 5 nitrogen and oxygen atoms in total. The third kappa shape index (κ3) is 3.43. The van der Waals surface area contributed by atoms with Gasteiger partial charge >= 0.3 is 0 Å². The smallest absolute Gasteiger partial charge is 0.269 e. The second-order valence-electron chi connectivity index (χ2n) is 4.28. The van der Waals surface area contributed by atoms with Gasteiger partial charge in [-0.15, -0.1) is 0 Å². The van der Waals surface area contributed by atoms with E-state index < -0.39 is 4.92 Å². The Balaban J connectivity index is 2.84. The van der Waals surface area contributed by atoms with Crippen molar-refractivity contribution < 1.29 is 9.66 Å². The van der Waals surface area contributed by atoms with E-state index in [9.17, 15) is 10.1 Å². The highest BCUT2D eigenvalue weighted by Crippen LogP contribution is 2.28. The van der Waals surface area contributed by atoms with Crippen molar-refractivity contribution in [3.05, 3.63) is 34.4 Å². The van der Waals surface area contributed by atoms with Crippen molar-refractivity contribution in [2.45, 2.75) is 38.7 Å². The first kappa shape index (κ1) is 14.4. The molecule has 0 bridgehead atoms. The van der Waals surface area contributed by atoms with Crippen LogP contribution in [0.5, 0.6) is 5.75 Å². The summed E-state index contributed by atoms with van der Waals surface area (Å²) in [6.07, 6.45) is 2.49. The fourth-order valence-corrected chi connectivity index (χ4v) is 1.95. The molecule has 0 saturated heterocycles. The molecule has 0 aliphatic rings. The number of non-ortho nitro benzene ring substituents is 1. The topological polar surface area (TPSA) is 78.4 Å². The molecule has 0 radical (unpaired) electrons. The van der Waals surface area contributed by atoms with Gasteiger partial charge in [0.15, 0.2) is 0 Å². The van der Waals surface area contributed by atoms with Gasteiger partial charge in [-0.25, -0.2) is 0 Å². The van der Waals surface area contributed by atoms with Crippen LogP contribution >= 0.6 is 0 Å². The maximum atomic E-state index is 10.6. The van der Waals surface area contributed by atoms with E-state index in [-0.39, 0.29) is 11.3 Å². The van der Waals surface area contributed by atoms with Gasteiger partial charge in [-0.1, -0.05) is 13.8 Å². The lowest BCUT2D eigenvalue weighted by Crippen LogP contribution is -2.37. The minimum Gasteiger partial charge on any atom is -0.487 e. The van der Waals surface area contributed by atoms with Gasteiger partial charge in [0.1, 0.15) is 11.4 Å². The van der Waals surface area contributed by atoms with E-state index in [0.717, 1.165) is 19.3 Å². The fourth-order valence-electron chi connectivity index (χ4n) is 1.95. The monoisotopic (exact) mass is 252 g/mol. The van der Waals surface area contributed by atoms with E-state index in [2.05, 4.69) is 13.8 Å². The zero-order valence-electron chi connectivity index (χ0n) is 10.9. The Morgan fingerprint density at radius 3 is 2.22 bits per heavy atom. The molecule has 0 atom stereocenters. The Morgan fingerprint density at radius 1 is 1.28 bits per heavy atom. The summed E-state index contributed by atoms with van der Waals surface area (Å²) in [6.45, 7) is 4.68. The summed E-state index contributed by atoms with van der Waals surface area (Å²) in [5.74, 6) is 0.651. The van der Waals surface area contributed by atoms with Crippen molar-refractivity contribution >= 4 is 5.69 Å². The molecule has 0 unspecified atom stereocenters. The lowest BCUT2D eigenvalue weighted by Gasteiger charge is -2.32. The minimum absolute atomic E-state index is 0.0692. The predicted octanol–water partition coefficient (Wildman–Crippen LogP) is 2.88. The summed E-state index contributed by atoms with van der Waals surface area (Å²) in [5, 5.41) is 10.6. The highest BCUT2D eigenvalue weighted by atomic mass is 16.6. The van der Waals surface area contributed by atoms with Crippen LogP contribution in [0.15, 0.2) is 24.3 Å².